The topological polar surface area (TPSA) is 97.4 Å². The minimum atomic E-state index is -0.227. The second-order valence-corrected chi connectivity index (χ2v) is 7.85. The monoisotopic (exact) mass is 414 g/mol. The van der Waals surface area contributed by atoms with Gasteiger partial charge in [0.05, 0.1) is 4.88 Å². The maximum absolute atomic E-state index is 12.6. The van der Waals surface area contributed by atoms with E-state index in [1.807, 2.05) is 17.5 Å². The van der Waals surface area contributed by atoms with Crippen LogP contribution in [0.5, 0.6) is 0 Å². The van der Waals surface area contributed by atoms with Crippen molar-refractivity contribution in [1.82, 2.24) is 29.7 Å². The summed E-state index contributed by atoms with van der Waals surface area (Å²) in [5, 5.41) is 10.1. The van der Waals surface area contributed by atoms with E-state index in [2.05, 4.69) is 20.1 Å². The summed E-state index contributed by atoms with van der Waals surface area (Å²) in [6.45, 7) is 3.82. The van der Waals surface area contributed by atoms with Crippen LogP contribution in [0.25, 0.3) is 10.7 Å². The fourth-order valence-electron chi connectivity index (χ4n) is 3.27. The summed E-state index contributed by atoms with van der Waals surface area (Å²) in [6, 6.07) is 6.81. The first-order chi connectivity index (χ1) is 14.1. The number of hydrogen-bond donors (Lipinski definition) is 0. The highest BCUT2D eigenvalue weighted by molar-refractivity contribution is 7.13. The molecule has 4 rings (SSSR count). The molecule has 3 aromatic heterocycles. The van der Waals surface area contributed by atoms with Gasteiger partial charge in [0, 0.05) is 45.7 Å². The predicted octanol–water partition coefficient (Wildman–Crippen LogP) is 1.28. The highest BCUT2D eigenvalue weighted by Gasteiger charge is 2.23. The summed E-state index contributed by atoms with van der Waals surface area (Å²) in [4.78, 5) is 33.6. The number of aromatic nitrogens is 4. The van der Waals surface area contributed by atoms with Gasteiger partial charge in [-0.1, -0.05) is 11.2 Å². The molecular weight excluding hydrogens is 392 g/mol. The van der Waals surface area contributed by atoms with Crippen molar-refractivity contribution in [3.63, 3.8) is 0 Å². The molecule has 1 saturated heterocycles. The van der Waals surface area contributed by atoms with Gasteiger partial charge in [0.15, 0.2) is 0 Å². The Morgan fingerprint density at radius 1 is 1.21 bits per heavy atom. The van der Waals surface area contributed by atoms with Crippen LogP contribution >= 0.6 is 11.3 Å². The fourth-order valence-corrected chi connectivity index (χ4v) is 3.92. The van der Waals surface area contributed by atoms with Gasteiger partial charge < -0.3 is 9.42 Å². The van der Waals surface area contributed by atoms with Gasteiger partial charge in [-0.2, -0.15) is 10.1 Å². The Labute approximate surface area is 171 Å². The van der Waals surface area contributed by atoms with Crippen molar-refractivity contribution in [1.29, 1.82) is 0 Å². The molecule has 9 nitrogen and oxygen atoms in total. The van der Waals surface area contributed by atoms with Crippen molar-refractivity contribution in [2.75, 3.05) is 32.7 Å². The summed E-state index contributed by atoms with van der Waals surface area (Å²) in [5.41, 5.74) is 0.0774. The molecule has 0 spiro atoms. The van der Waals surface area contributed by atoms with Crippen molar-refractivity contribution in [2.45, 2.75) is 12.8 Å². The van der Waals surface area contributed by atoms with E-state index < -0.39 is 0 Å². The van der Waals surface area contributed by atoms with Crippen LogP contribution in [0.1, 0.15) is 22.8 Å². The molecule has 1 aliphatic heterocycles. The summed E-state index contributed by atoms with van der Waals surface area (Å²) in [5.74, 6) is 1.17. The number of nitrogens with zero attached hydrogens (tertiary/aromatic N) is 6. The molecule has 0 aliphatic carbocycles. The zero-order valence-corrected chi connectivity index (χ0v) is 17.0. The second-order valence-electron chi connectivity index (χ2n) is 6.91. The molecule has 0 N–H and O–H groups in total. The molecule has 0 atom stereocenters. The molecule has 1 aliphatic rings. The average molecular weight is 414 g/mol. The third-order valence-corrected chi connectivity index (χ3v) is 5.78. The molecule has 4 heterocycles. The van der Waals surface area contributed by atoms with Gasteiger partial charge in [-0.25, -0.2) is 4.68 Å². The van der Waals surface area contributed by atoms with Crippen molar-refractivity contribution < 1.29 is 9.32 Å². The number of hydrogen-bond acceptors (Lipinski definition) is 8. The summed E-state index contributed by atoms with van der Waals surface area (Å²) < 4.78 is 6.52. The Hall–Kier alpha value is -2.85. The van der Waals surface area contributed by atoms with E-state index >= 15 is 0 Å². The molecule has 152 valence electrons. The van der Waals surface area contributed by atoms with Gasteiger partial charge in [0.25, 0.3) is 11.5 Å². The molecule has 1 fully saturated rings. The van der Waals surface area contributed by atoms with Crippen LogP contribution in [0.4, 0.5) is 0 Å². The number of carbonyl (C=O) groups is 1. The zero-order chi connectivity index (χ0) is 20.2. The minimum absolute atomic E-state index is 0.132. The van der Waals surface area contributed by atoms with Crippen LogP contribution in [-0.2, 0) is 13.5 Å². The first kappa shape index (κ1) is 19.5. The summed E-state index contributed by atoms with van der Waals surface area (Å²) >= 11 is 1.59. The van der Waals surface area contributed by atoms with Crippen LogP contribution in [0.2, 0.25) is 0 Å². The molecular formula is C19H22N6O3S. The quantitative estimate of drug-likeness (QED) is 0.599. The van der Waals surface area contributed by atoms with Crippen LogP contribution in [0.3, 0.4) is 0 Å². The van der Waals surface area contributed by atoms with Crippen LogP contribution < -0.4 is 5.56 Å². The first-order valence-corrected chi connectivity index (χ1v) is 10.4. The number of carbonyl (C=O) groups excluding carboxylic acids is 1. The molecule has 10 heteroatoms. The lowest BCUT2D eigenvalue weighted by Gasteiger charge is -2.34. The average Bonchev–Trinajstić information content (AvgIpc) is 3.42. The minimum Gasteiger partial charge on any atom is -0.339 e. The number of piperazine rings is 1. The highest BCUT2D eigenvalue weighted by Crippen LogP contribution is 2.21. The number of thiophene rings is 1. The third kappa shape index (κ3) is 4.60. The van der Waals surface area contributed by atoms with Gasteiger partial charge in [0.1, 0.15) is 5.69 Å². The number of rotatable bonds is 6. The zero-order valence-electron chi connectivity index (χ0n) is 16.2. The molecule has 0 unspecified atom stereocenters. The van der Waals surface area contributed by atoms with E-state index in [9.17, 15) is 9.59 Å². The van der Waals surface area contributed by atoms with Gasteiger partial charge in [-0.15, -0.1) is 11.3 Å². The van der Waals surface area contributed by atoms with Gasteiger partial charge >= 0.3 is 0 Å². The summed E-state index contributed by atoms with van der Waals surface area (Å²) in [6.07, 6.45) is 1.65. The lowest BCUT2D eigenvalue weighted by atomic mass is 10.2. The lowest BCUT2D eigenvalue weighted by molar-refractivity contribution is 0.0627. The second kappa shape index (κ2) is 8.66. The standard InChI is InChI=1S/C19H22N6O3S/c1-23-17(26)7-6-14(21-23)19(27)25-11-9-24(10-12-25)8-2-5-16-20-18(22-28-16)15-4-3-13-29-15/h3-4,6-7,13H,2,5,8-12H2,1H3. The van der Waals surface area contributed by atoms with E-state index in [1.54, 1.807) is 23.3 Å². The Kier molecular flexibility index (Phi) is 5.81. The molecule has 0 bridgehead atoms. The van der Waals surface area contributed by atoms with E-state index in [-0.39, 0.29) is 11.5 Å². The van der Waals surface area contributed by atoms with Crippen LogP contribution in [0.15, 0.2) is 39.0 Å². The maximum atomic E-state index is 12.6. The lowest BCUT2D eigenvalue weighted by Crippen LogP contribution is -2.49. The summed E-state index contributed by atoms with van der Waals surface area (Å²) in [7, 11) is 1.55. The van der Waals surface area contributed by atoms with Gasteiger partial charge in [0.2, 0.25) is 11.7 Å². The van der Waals surface area contributed by atoms with Gasteiger partial charge in [-0.3, -0.25) is 14.5 Å². The Morgan fingerprint density at radius 3 is 2.76 bits per heavy atom. The molecule has 3 aromatic rings. The van der Waals surface area contributed by atoms with Crippen molar-refractivity contribution in [3.8, 4) is 10.7 Å². The maximum Gasteiger partial charge on any atom is 0.274 e. The predicted molar refractivity (Wildman–Crippen MR) is 108 cm³/mol. The molecule has 0 aromatic carbocycles. The normalized spacial score (nSPS) is 15.0. The van der Waals surface area contributed by atoms with E-state index in [0.717, 1.165) is 37.4 Å². The largest absolute Gasteiger partial charge is 0.339 e. The van der Waals surface area contributed by atoms with E-state index in [1.165, 1.54) is 16.8 Å². The highest BCUT2D eigenvalue weighted by atomic mass is 32.1. The molecule has 29 heavy (non-hydrogen) atoms. The van der Waals surface area contributed by atoms with Gasteiger partial charge in [-0.05, 0) is 30.5 Å². The first-order valence-electron chi connectivity index (χ1n) is 9.52. The smallest absolute Gasteiger partial charge is 0.274 e. The molecule has 1 amide bonds. The Morgan fingerprint density at radius 2 is 2.03 bits per heavy atom. The van der Waals surface area contributed by atoms with Crippen molar-refractivity contribution in [2.24, 2.45) is 7.05 Å². The third-order valence-electron chi connectivity index (χ3n) is 4.91. The SMILES string of the molecule is Cn1nc(C(=O)N2CCN(CCCc3nc(-c4cccs4)no3)CC2)ccc1=O. The van der Waals surface area contributed by atoms with Crippen LogP contribution in [0, 0.1) is 0 Å². The number of amides is 1. The van der Waals surface area contributed by atoms with Crippen molar-refractivity contribution >= 4 is 17.2 Å². The number of aryl methyl sites for hydroxylation is 2. The Bertz CT molecular complexity index is 1020. The fraction of sp³-hybridized carbons (Fsp3) is 0.421. The van der Waals surface area contributed by atoms with E-state index in [4.69, 9.17) is 4.52 Å². The Balaban J connectivity index is 1.22. The van der Waals surface area contributed by atoms with Crippen molar-refractivity contribution in [3.05, 3.63) is 51.6 Å². The molecule has 0 radical (unpaired) electrons. The van der Waals surface area contributed by atoms with E-state index in [0.29, 0.717) is 30.5 Å². The molecule has 0 saturated carbocycles. The van der Waals surface area contributed by atoms with Crippen LogP contribution in [-0.4, -0.2) is 68.4 Å².